The molecule has 0 radical (unpaired) electrons. The van der Waals surface area contributed by atoms with Crippen molar-refractivity contribution in [3.8, 4) is 11.5 Å². The number of halogens is 1. The van der Waals surface area contributed by atoms with Gasteiger partial charge in [-0.1, -0.05) is 84.6 Å². The predicted octanol–water partition coefficient (Wildman–Crippen LogP) is 7.83. The van der Waals surface area contributed by atoms with Gasteiger partial charge in [0.25, 0.3) is 5.91 Å². The number of para-hydroxylation sites is 1. The molecule has 0 atom stereocenters. The smallest absolute Gasteiger partial charge is 0.270 e. The normalized spacial score (nSPS) is 14.6. The van der Waals surface area contributed by atoms with Crippen LogP contribution in [0, 0.1) is 3.57 Å². The molecule has 0 N–H and O–H groups in total. The third kappa shape index (κ3) is 5.14. The van der Waals surface area contributed by atoms with E-state index in [1.165, 1.54) is 22.5 Å². The van der Waals surface area contributed by atoms with Gasteiger partial charge in [0, 0.05) is 0 Å². The average Bonchev–Trinajstić information content (AvgIpc) is 3.16. The highest BCUT2D eigenvalue weighted by atomic mass is 127. The zero-order valence-corrected chi connectivity index (χ0v) is 23.2. The highest BCUT2D eigenvalue weighted by Gasteiger charge is 2.33. The molecule has 4 aromatic carbocycles. The maximum absolute atomic E-state index is 13.1. The van der Waals surface area contributed by atoms with Crippen LogP contribution in [0.25, 0.3) is 16.8 Å². The maximum atomic E-state index is 13.1. The Labute approximate surface area is 233 Å². The monoisotopic (exact) mass is 623 g/mol. The van der Waals surface area contributed by atoms with Gasteiger partial charge in [-0.25, -0.2) is 0 Å². The Morgan fingerprint density at radius 3 is 2.53 bits per heavy atom. The quantitative estimate of drug-likeness (QED) is 0.119. The number of carbonyl (C=O) groups excluding carboxylic acids is 1. The fourth-order valence-corrected chi connectivity index (χ4v) is 6.14. The van der Waals surface area contributed by atoms with Crippen molar-refractivity contribution >= 4 is 79.3 Å². The molecule has 1 heterocycles. The number of amides is 1. The molecule has 1 fully saturated rings. The lowest BCUT2D eigenvalue weighted by Crippen LogP contribution is -2.27. The number of nitrogens with zero attached hydrogens (tertiary/aromatic N) is 1. The van der Waals surface area contributed by atoms with Gasteiger partial charge in [-0.15, -0.1) is 0 Å². The van der Waals surface area contributed by atoms with Gasteiger partial charge in [-0.3, -0.25) is 9.69 Å². The van der Waals surface area contributed by atoms with Crippen molar-refractivity contribution in [3.05, 3.63) is 105 Å². The molecule has 7 heteroatoms. The summed E-state index contributed by atoms with van der Waals surface area (Å²) in [5.41, 5.74) is 2.74. The molecule has 0 bridgehead atoms. The van der Waals surface area contributed by atoms with Gasteiger partial charge in [0.2, 0.25) is 0 Å². The molecule has 1 saturated heterocycles. The number of thiocarbonyl (C=S) groups is 1. The zero-order valence-electron chi connectivity index (χ0n) is 19.4. The van der Waals surface area contributed by atoms with Gasteiger partial charge in [0.15, 0.2) is 15.8 Å². The Kier molecular flexibility index (Phi) is 7.59. The van der Waals surface area contributed by atoms with Crippen molar-refractivity contribution in [2.24, 2.45) is 0 Å². The van der Waals surface area contributed by atoms with Crippen LogP contribution in [0.2, 0.25) is 0 Å². The second-order valence-corrected chi connectivity index (χ2v) is 10.9. The van der Waals surface area contributed by atoms with Gasteiger partial charge < -0.3 is 9.47 Å². The third-order valence-corrected chi connectivity index (χ3v) is 7.79. The minimum Gasteiger partial charge on any atom is -0.490 e. The Hall–Kier alpha value is -2.88. The van der Waals surface area contributed by atoms with Gasteiger partial charge in [0.1, 0.15) is 6.61 Å². The second kappa shape index (κ2) is 11.0. The topological polar surface area (TPSA) is 38.8 Å². The molecule has 0 saturated carbocycles. The largest absolute Gasteiger partial charge is 0.490 e. The lowest BCUT2D eigenvalue weighted by atomic mass is 10.1. The lowest BCUT2D eigenvalue weighted by molar-refractivity contribution is -0.113. The van der Waals surface area contributed by atoms with E-state index in [0.29, 0.717) is 33.9 Å². The molecule has 36 heavy (non-hydrogen) atoms. The van der Waals surface area contributed by atoms with Gasteiger partial charge in [-0.2, -0.15) is 0 Å². The van der Waals surface area contributed by atoms with Crippen LogP contribution >= 0.6 is 46.6 Å². The maximum Gasteiger partial charge on any atom is 0.270 e. The lowest BCUT2D eigenvalue weighted by Gasteiger charge is -2.16. The number of ether oxygens (including phenoxy) is 2. The molecule has 1 amide bonds. The highest BCUT2D eigenvalue weighted by molar-refractivity contribution is 14.1. The minimum absolute atomic E-state index is 0.125. The van der Waals surface area contributed by atoms with Gasteiger partial charge in [0.05, 0.1) is 20.8 Å². The molecule has 5 rings (SSSR count). The Balaban J connectivity index is 1.42. The van der Waals surface area contributed by atoms with Crippen molar-refractivity contribution in [1.29, 1.82) is 0 Å². The summed E-state index contributed by atoms with van der Waals surface area (Å²) in [6.07, 6.45) is 1.86. The first-order chi connectivity index (χ1) is 17.5. The summed E-state index contributed by atoms with van der Waals surface area (Å²) in [5, 5.41) is 2.35. The number of fused-ring (bicyclic) bond motifs is 1. The van der Waals surface area contributed by atoms with Gasteiger partial charge >= 0.3 is 0 Å². The number of hydrogen-bond donors (Lipinski definition) is 0. The number of rotatable bonds is 7. The molecule has 4 aromatic rings. The summed E-state index contributed by atoms with van der Waals surface area (Å²) >= 11 is 9.07. The van der Waals surface area contributed by atoms with E-state index < -0.39 is 0 Å². The van der Waals surface area contributed by atoms with Crippen LogP contribution in [0.1, 0.15) is 18.1 Å². The first-order valence-corrected chi connectivity index (χ1v) is 13.7. The Bertz CT molecular complexity index is 1480. The van der Waals surface area contributed by atoms with Crippen LogP contribution in [0.5, 0.6) is 11.5 Å². The first-order valence-electron chi connectivity index (χ1n) is 11.4. The van der Waals surface area contributed by atoms with E-state index in [2.05, 4.69) is 46.9 Å². The first kappa shape index (κ1) is 24.8. The Morgan fingerprint density at radius 2 is 1.72 bits per heavy atom. The van der Waals surface area contributed by atoms with Crippen LogP contribution < -0.4 is 14.4 Å². The SMILES string of the molecule is CCOc1cc(/C=C2/SC(=S)N(c3ccccc3)C2=O)cc(I)c1OCc1cccc2ccccc12. The van der Waals surface area contributed by atoms with Crippen LogP contribution in [0.3, 0.4) is 0 Å². The van der Waals surface area contributed by atoms with E-state index in [9.17, 15) is 4.79 Å². The third-order valence-electron chi connectivity index (χ3n) is 5.69. The molecular weight excluding hydrogens is 601 g/mol. The van der Waals surface area contributed by atoms with Crippen molar-refractivity contribution in [2.75, 3.05) is 11.5 Å². The molecule has 0 aromatic heterocycles. The van der Waals surface area contributed by atoms with Crippen molar-refractivity contribution in [1.82, 2.24) is 0 Å². The molecule has 0 aliphatic carbocycles. The van der Waals surface area contributed by atoms with Crippen molar-refractivity contribution in [2.45, 2.75) is 13.5 Å². The second-order valence-electron chi connectivity index (χ2n) is 8.04. The van der Waals surface area contributed by atoms with E-state index in [1.807, 2.05) is 73.7 Å². The molecule has 0 spiro atoms. The number of thioether (sulfide) groups is 1. The van der Waals surface area contributed by atoms with Crippen LogP contribution in [-0.2, 0) is 11.4 Å². The van der Waals surface area contributed by atoms with Crippen molar-refractivity contribution < 1.29 is 14.3 Å². The molecule has 1 aliphatic rings. The predicted molar refractivity (Wildman–Crippen MR) is 161 cm³/mol. The molecule has 180 valence electrons. The standard InChI is InChI=1S/C29H22INO3S2/c1-2-33-25-16-19(17-26-28(32)31(29(35)36-26)22-12-4-3-5-13-22)15-24(30)27(25)34-18-21-11-8-10-20-9-6-7-14-23(20)21/h3-17H,2,18H2,1H3/b26-17+. The summed E-state index contributed by atoms with van der Waals surface area (Å²) in [7, 11) is 0. The van der Waals surface area contributed by atoms with E-state index in [-0.39, 0.29) is 5.91 Å². The van der Waals surface area contributed by atoms with Crippen LogP contribution in [0.15, 0.2) is 89.8 Å². The fourth-order valence-electron chi connectivity index (χ4n) is 4.06. The van der Waals surface area contributed by atoms with Crippen LogP contribution in [-0.4, -0.2) is 16.8 Å². The van der Waals surface area contributed by atoms with Crippen LogP contribution in [0.4, 0.5) is 5.69 Å². The number of anilines is 1. The van der Waals surface area contributed by atoms with E-state index in [1.54, 1.807) is 4.90 Å². The summed E-state index contributed by atoms with van der Waals surface area (Å²) < 4.78 is 13.7. The van der Waals surface area contributed by atoms with Gasteiger partial charge in [-0.05, 0) is 81.8 Å². The summed E-state index contributed by atoms with van der Waals surface area (Å²) in [6.45, 7) is 2.87. The molecule has 4 nitrogen and oxygen atoms in total. The number of benzene rings is 4. The number of carbonyl (C=O) groups is 1. The minimum atomic E-state index is -0.125. The highest BCUT2D eigenvalue weighted by Crippen LogP contribution is 2.39. The number of hydrogen-bond acceptors (Lipinski definition) is 5. The summed E-state index contributed by atoms with van der Waals surface area (Å²) in [6, 6.07) is 27.9. The molecule has 0 unspecified atom stereocenters. The Morgan fingerprint density at radius 1 is 0.972 bits per heavy atom. The van der Waals surface area contributed by atoms with E-state index in [4.69, 9.17) is 21.7 Å². The average molecular weight is 624 g/mol. The molecule has 1 aliphatic heterocycles. The zero-order chi connectivity index (χ0) is 25.1. The van der Waals surface area contributed by atoms with E-state index >= 15 is 0 Å². The summed E-state index contributed by atoms with van der Waals surface area (Å²) in [5.74, 6) is 1.22. The van der Waals surface area contributed by atoms with Crippen molar-refractivity contribution in [3.63, 3.8) is 0 Å². The van der Waals surface area contributed by atoms with E-state index in [0.717, 1.165) is 20.4 Å². The summed E-state index contributed by atoms with van der Waals surface area (Å²) in [4.78, 5) is 15.3. The fraction of sp³-hybridized carbons (Fsp3) is 0.103. The molecular formula is C29H22INO3S2.